The van der Waals surface area contributed by atoms with Crippen molar-refractivity contribution >= 4 is 23.0 Å². The fraction of sp³-hybridized carbons (Fsp3) is 0.500. The Bertz CT molecular complexity index is 730. The number of amides is 1. The van der Waals surface area contributed by atoms with Gasteiger partial charge in [0.1, 0.15) is 5.52 Å². The summed E-state index contributed by atoms with van der Waals surface area (Å²) in [5.74, 6) is -0.496. The van der Waals surface area contributed by atoms with Crippen LogP contribution in [0, 0.1) is 0 Å². The molecule has 0 spiro atoms. The molecule has 2 saturated heterocycles. The van der Waals surface area contributed by atoms with Crippen molar-refractivity contribution in [3.63, 3.8) is 0 Å². The summed E-state index contributed by atoms with van der Waals surface area (Å²) in [6, 6.07) is 6.22. The maximum absolute atomic E-state index is 11.5. The first-order valence-electron chi connectivity index (χ1n) is 7.98. The van der Waals surface area contributed by atoms with E-state index in [9.17, 15) is 9.90 Å². The molecule has 0 saturated carbocycles. The normalized spacial score (nSPS) is 20.8. The summed E-state index contributed by atoms with van der Waals surface area (Å²) in [4.78, 5) is 20.4. The van der Waals surface area contributed by atoms with E-state index in [0.717, 1.165) is 39.0 Å². The van der Waals surface area contributed by atoms with Crippen molar-refractivity contribution in [2.75, 3.05) is 31.1 Å². The summed E-state index contributed by atoms with van der Waals surface area (Å²) in [6.45, 7) is 3.60. The van der Waals surface area contributed by atoms with Crippen LogP contribution in [-0.2, 0) is 0 Å². The highest BCUT2D eigenvalue weighted by molar-refractivity contribution is 6.03. The van der Waals surface area contributed by atoms with E-state index < -0.39 is 5.91 Å². The Hall–Kier alpha value is -2.12. The molecular formula is C16H20N4O3. The number of para-hydroxylation sites is 1. The minimum absolute atomic E-state index is 0.147. The number of nitrogens with two attached hydrogens (primary N) is 1. The van der Waals surface area contributed by atoms with Gasteiger partial charge in [0.05, 0.1) is 11.7 Å². The Balaban J connectivity index is 1.47. The number of piperidine rings is 1. The molecular weight excluding hydrogens is 296 g/mol. The minimum Gasteiger partial charge on any atom is -0.423 e. The average molecular weight is 316 g/mol. The zero-order valence-corrected chi connectivity index (χ0v) is 12.8. The van der Waals surface area contributed by atoms with Crippen molar-refractivity contribution in [2.24, 2.45) is 5.73 Å². The predicted molar refractivity (Wildman–Crippen MR) is 85.3 cm³/mol. The average Bonchev–Trinajstić information content (AvgIpc) is 2.90. The van der Waals surface area contributed by atoms with Crippen molar-refractivity contribution in [1.29, 1.82) is 0 Å². The number of likely N-dealkylation sites (tertiary alicyclic amines) is 1. The Morgan fingerprint density at radius 3 is 2.74 bits per heavy atom. The first-order chi connectivity index (χ1) is 11.1. The number of benzene rings is 1. The van der Waals surface area contributed by atoms with Crippen LogP contribution in [-0.4, -0.2) is 59.2 Å². The van der Waals surface area contributed by atoms with Gasteiger partial charge in [0.25, 0.3) is 11.9 Å². The van der Waals surface area contributed by atoms with Gasteiger partial charge in [0, 0.05) is 32.2 Å². The van der Waals surface area contributed by atoms with E-state index in [2.05, 4.69) is 14.8 Å². The van der Waals surface area contributed by atoms with E-state index in [-0.39, 0.29) is 6.10 Å². The van der Waals surface area contributed by atoms with Gasteiger partial charge in [-0.05, 0) is 25.0 Å². The van der Waals surface area contributed by atoms with Crippen LogP contribution in [0.3, 0.4) is 0 Å². The second-order valence-electron chi connectivity index (χ2n) is 6.34. The van der Waals surface area contributed by atoms with Gasteiger partial charge in [-0.3, -0.25) is 9.69 Å². The third-order valence-electron chi connectivity index (χ3n) is 4.82. The molecule has 2 aliphatic heterocycles. The molecule has 4 rings (SSSR count). The van der Waals surface area contributed by atoms with Crippen molar-refractivity contribution < 1.29 is 14.3 Å². The summed E-state index contributed by atoms with van der Waals surface area (Å²) in [7, 11) is 0. The molecule has 2 aliphatic rings. The summed E-state index contributed by atoms with van der Waals surface area (Å²) in [5.41, 5.74) is 6.88. The molecule has 0 atom stereocenters. The lowest BCUT2D eigenvalue weighted by molar-refractivity contribution is 0.0522. The SMILES string of the molecule is NC(=O)c1cccc2oc(N3CC(N4CCC(O)CC4)C3)nc12. The third-order valence-corrected chi connectivity index (χ3v) is 4.82. The van der Waals surface area contributed by atoms with Gasteiger partial charge >= 0.3 is 0 Å². The maximum atomic E-state index is 11.5. The number of nitrogens with zero attached hydrogens (tertiary/aromatic N) is 3. The molecule has 23 heavy (non-hydrogen) atoms. The number of fused-ring (bicyclic) bond motifs is 1. The van der Waals surface area contributed by atoms with Crippen LogP contribution >= 0.6 is 0 Å². The number of oxazole rings is 1. The summed E-state index contributed by atoms with van der Waals surface area (Å²) < 4.78 is 5.76. The summed E-state index contributed by atoms with van der Waals surface area (Å²) in [5, 5.41) is 9.58. The third kappa shape index (κ3) is 2.55. The van der Waals surface area contributed by atoms with Crippen LogP contribution in [0.15, 0.2) is 22.6 Å². The number of hydrogen-bond donors (Lipinski definition) is 2. The van der Waals surface area contributed by atoms with E-state index in [1.54, 1.807) is 18.2 Å². The van der Waals surface area contributed by atoms with Crippen molar-refractivity contribution in [1.82, 2.24) is 9.88 Å². The number of carbonyl (C=O) groups excluding carboxylic acids is 1. The highest BCUT2D eigenvalue weighted by Crippen LogP contribution is 2.29. The summed E-state index contributed by atoms with van der Waals surface area (Å²) in [6.07, 6.45) is 1.55. The molecule has 0 radical (unpaired) electrons. The topological polar surface area (TPSA) is 95.8 Å². The number of carbonyl (C=O) groups is 1. The van der Waals surface area contributed by atoms with Gasteiger partial charge in [0.2, 0.25) is 0 Å². The van der Waals surface area contributed by atoms with Crippen LogP contribution in [0.1, 0.15) is 23.2 Å². The molecule has 122 valence electrons. The fourth-order valence-corrected chi connectivity index (χ4v) is 3.36. The minimum atomic E-state index is -0.496. The zero-order valence-electron chi connectivity index (χ0n) is 12.8. The molecule has 1 amide bonds. The second kappa shape index (κ2) is 5.50. The second-order valence-corrected chi connectivity index (χ2v) is 6.34. The molecule has 1 aromatic heterocycles. The van der Waals surface area contributed by atoms with E-state index in [1.165, 1.54) is 0 Å². The van der Waals surface area contributed by atoms with Crippen molar-refractivity contribution in [2.45, 2.75) is 25.0 Å². The van der Waals surface area contributed by atoms with E-state index in [1.807, 2.05) is 0 Å². The Morgan fingerprint density at radius 2 is 2.04 bits per heavy atom. The molecule has 3 heterocycles. The Kier molecular flexibility index (Phi) is 3.46. The lowest BCUT2D eigenvalue weighted by Crippen LogP contribution is -2.61. The lowest BCUT2D eigenvalue weighted by atomic mass is 10.0. The molecule has 0 bridgehead atoms. The van der Waals surface area contributed by atoms with Gasteiger partial charge < -0.3 is 20.2 Å². The van der Waals surface area contributed by atoms with Crippen LogP contribution in [0.4, 0.5) is 6.01 Å². The number of aliphatic hydroxyl groups is 1. The fourth-order valence-electron chi connectivity index (χ4n) is 3.36. The largest absolute Gasteiger partial charge is 0.423 e. The zero-order chi connectivity index (χ0) is 16.0. The summed E-state index contributed by atoms with van der Waals surface area (Å²) >= 11 is 0. The van der Waals surface area contributed by atoms with Crippen LogP contribution in [0.2, 0.25) is 0 Å². The first kappa shape index (κ1) is 14.5. The molecule has 3 N–H and O–H groups in total. The standard InChI is InChI=1S/C16H20N4O3/c17-15(22)12-2-1-3-13-14(12)18-16(23-13)20-8-10(9-20)19-6-4-11(21)5-7-19/h1-3,10-11,21H,4-9H2,(H2,17,22). The number of primary amides is 1. The molecule has 2 fully saturated rings. The quantitative estimate of drug-likeness (QED) is 0.859. The number of rotatable bonds is 3. The highest BCUT2D eigenvalue weighted by Gasteiger charge is 2.36. The Morgan fingerprint density at radius 1 is 1.30 bits per heavy atom. The van der Waals surface area contributed by atoms with Gasteiger partial charge in [0.15, 0.2) is 5.58 Å². The number of aliphatic hydroxyl groups excluding tert-OH is 1. The van der Waals surface area contributed by atoms with E-state index >= 15 is 0 Å². The van der Waals surface area contributed by atoms with E-state index in [4.69, 9.17) is 10.2 Å². The van der Waals surface area contributed by atoms with Gasteiger partial charge in [-0.2, -0.15) is 4.98 Å². The first-order valence-corrected chi connectivity index (χ1v) is 7.98. The molecule has 7 heteroatoms. The van der Waals surface area contributed by atoms with Crippen molar-refractivity contribution in [3.8, 4) is 0 Å². The van der Waals surface area contributed by atoms with Gasteiger partial charge in [-0.15, -0.1) is 0 Å². The molecule has 0 aliphatic carbocycles. The van der Waals surface area contributed by atoms with E-state index in [0.29, 0.717) is 28.7 Å². The predicted octanol–water partition coefficient (Wildman–Crippen LogP) is 0.572. The monoisotopic (exact) mass is 316 g/mol. The Labute approximate surface area is 133 Å². The molecule has 7 nitrogen and oxygen atoms in total. The molecule has 0 unspecified atom stereocenters. The van der Waals surface area contributed by atoms with Crippen LogP contribution in [0.5, 0.6) is 0 Å². The number of hydrogen-bond acceptors (Lipinski definition) is 6. The molecule has 2 aromatic rings. The lowest BCUT2D eigenvalue weighted by Gasteiger charge is -2.46. The maximum Gasteiger partial charge on any atom is 0.298 e. The van der Waals surface area contributed by atoms with Gasteiger partial charge in [-0.25, -0.2) is 0 Å². The smallest absolute Gasteiger partial charge is 0.298 e. The highest BCUT2D eigenvalue weighted by atomic mass is 16.4. The van der Waals surface area contributed by atoms with Gasteiger partial charge in [-0.1, -0.05) is 6.07 Å². The number of aromatic nitrogens is 1. The van der Waals surface area contributed by atoms with Crippen LogP contribution in [0.25, 0.3) is 11.1 Å². The molecule has 1 aromatic carbocycles. The van der Waals surface area contributed by atoms with Crippen LogP contribution < -0.4 is 10.6 Å². The number of anilines is 1. The van der Waals surface area contributed by atoms with Crippen molar-refractivity contribution in [3.05, 3.63) is 23.8 Å².